The SMILES string of the molecule is [N-]=[N+]=NCc1nc2c(OCC3CCCCC3)cccn2c1C(=O)NCCCN=O. The summed E-state index contributed by atoms with van der Waals surface area (Å²) in [6.07, 6.45) is 8.29. The minimum absolute atomic E-state index is 0.0428. The minimum Gasteiger partial charge on any atom is -0.489 e. The molecular formula is C19H25N7O3. The molecule has 154 valence electrons. The van der Waals surface area contributed by atoms with E-state index in [1.807, 2.05) is 6.07 Å². The maximum atomic E-state index is 12.7. The van der Waals surface area contributed by atoms with Gasteiger partial charge in [0.05, 0.1) is 25.4 Å². The van der Waals surface area contributed by atoms with E-state index in [0.29, 0.717) is 48.3 Å². The summed E-state index contributed by atoms with van der Waals surface area (Å²) in [7, 11) is 0. The molecule has 0 spiro atoms. The van der Waals surface area contributed by atoms with Crippen LogP contribution in [0.25, 0.3) is 16.1 Å². The van der Waals surface area contributed by atoms with E-state index in [0.717, 1.165) is 0 Å². The lowest BCUT2D eigenvalue weighted by Gasteiger charge is -2.21. The highest BCUT2D eigenvalue weighted by atomic mass is 16.5. The summed E-state index contributed by atoms with van der Waals surface area (Å²) in [5.74, 6) is 0.788. The Balaban J connectivity index is 1.84. The van der Waals surface area contributed by atoms with E-state index >= 15 is 0 Å². The van der Waals surface area contributed by atoms with E-state index in [1.54, 1.807) is 16.7 Å². The molecule has 1 aliphatic carbocycles. The van der Waals surface area contributed by atoms with Crippen molar-refractivity contribution in [3.05, 3.63) is 45.1 Å². The Hall–Kier alpha value is -3.13. The molecule has 1 N–H and O–H groups in total. The Labute approximate surface area is 168 Å². The fourth-order valence-electron chi connectivity index (χ4n) is 3.64. The van der Waals surface area contributed by atoms with Crippen LogP contribution in [-0.4, -0.2) is 35.0 Å². The molecule has 1 aliphatic rings. The Bertz CT molecular complexity index is 899. The number of pyridine rings is 1. The lowest BCUT2D eigenvalue weighted by atomic mass is 9.90. The van der Waals surface area contributed by atoms with Crippen LogP contribution in [0.3, 0.4) is 0 Å². The van der Waals surface area contributed by atoms with Gasteiger partial charge in [-0.25, -0.2) is 4.98 Å². The molecule has 2 aromatic rings. The van der Waals surface area contributed by atoms with Crippen LogP contribution in [0.2, 0.25) is 0 Å². The van der Waals surface area contributed by atoms with Crippen LogP contribution in [0.4, 0.5) is 0 Å². The van der Waals surface area contributed by atoms with Gasteiger partial charge >= 0.3 is 0 Å². The molecule has 10 heteroatoms. The average Bonchev–Trinajstić information content (AvgIpc) is 3.13. The second-order valence-electron chi connectivity index (χ2n) is 7.14. The molecule has 0 saturated heterocycles. The first-order chi connectivity index (χ1) is 14.2. The number of carbonyl (C=O) groups is 1. The number of imidazole rings is 1. The molecule has 10 nitrogen and oxygen atoms in total. The Morgan fingerprint density at radius 1 is 1.38 bits per heavy atom. The molecule has 29 heavy (non-hydrogen) atoms. The van der Waals surface area contributed by atoms with Gasteiger partial charge in [0.1, 0.15) is 5.69 Å². The van der Waals surface area contributed by atoms with Crippen molar-refractivity contribution < 1.29 is 9.53 Å². The molecule has 2 heterocycles. The second-order valence-corrected chi connectivity index (χ2v) is 7.14. The van der Waals surface area contributed by atoms with Crippen LogP contribution in [0, 0.1) is 10.8 Å². The number of hydrogen-bond acceptors (Lipinski definition) is 6. The lowest BCUT2D eigenvalue weighted by molar-refractivity contribution is 0.0946. The number of nitrogens with zero attached hydrogens (tertiary/aromatic N) is 6. The summed E-state index contributed by atoms with van der Waals surface area (Å²) < 4.78 is 7.72. The molecule has 2 aromatic heterocycles. The smallest absolute Gasteiger partial charge is 0.270 e. The summed E-state index contributed by atoms with van der Waals surface area (Å²) in [6, 6.07) is 3.63. The lowest BCUT2D eigenvalue weighted by Crippen LogP contribution is -2.27. The number of hydrogen-bond donors (Lipinski definition) is 1. The number of amides is 1. The van der Waals surface area contributed by atoms with Crippen molar-refractivity contribution >= 4 is 11.6 Å². The van der Waals surface area contributed by atoms with Crippen LogP contribution < -0.4 is 10.1 Å². The number of carbonyl (C=O) groups excluding carboxylic acids is 1. The van der Waals surface area contributed by atoms with Gasteiger partial charge in [-0.1, -0.05) is 29.6 Å². The highest BCUT2D eigenvalue weighted by molar-refractivity contribution is 5.95. The Morgan fingerprint density at radius 3 is 2.97 bits per heavy atom. The standard InChI is InChI=1S/C19H25N7O3/c20-25-22-12-15-17(19(27)21-9-5-10-23-28)26-11-4-8-16(18(26)24-15)29-13-14-6-2-1-3-7-14/h4,8,11,14H,1-3,5-7,9-10,12-13H2,(H,21,27). The van der Waals surface area contributed by atoms with Gasteiger partial charge in [-0.15, -0.1) is 0 Å². The van der Waals surface area contributed by atoms with E-state index in [4.69, 9.17) is 10.3 Å². The van der Waals surface area contributed by atoms with E-state index in [2.05, 4.69) is 25.5 Å². The fourth-order valence-corrected chi connectivity index (χ4v) is 3.64. The van der Waals surface area contributed by atoms with Crippen molar-refractivity contribution in [2.24, 2.45) is 16.2 Å². The Morgan fingerprint density at radius 2 is 2.21 bits per heavy atom. The highest BCUT2D eigenvalue weighted by Crippen LogP contribution is 2.27. The zero-order chi connectivity index (χ0) is 20.5. The van der Waals surface area contributed by atoms with Crippen molar-refractivity contribution in [3.8, 4) is 5.75 Å². The maximum absolute atomic E-state index is 12.7. The minimum atomic E-state index is -0.351. The van der Waals surface area contributed by atoms with E-state index < -0.39 is 0 Å². The summed E-state index contributed by atoms with van der Waals surface area (Å²) in [4.78, 5) is 30.2. The highest BCUT2D eigenvalue weighted by Gasteiger charge is 2.21. The van der Waals surface area contributed by atoms with Crippen LogP contribution >= 0.6 is 0 Å². The summed E-state index contributed by atoms with van der Waals surface area (Å²) in [6.45, 7) is 1.03. The number of fused-ring (bicyclic) bond motifs is 1. The van der Waals surface area contributed by atoms with Gasteiger partial charge in [0, 0.05) is 17.7 Å². The van der Waals surface area contributed by atoms with Crippen LogP contribution in [0.15, 0.2) is 28.6 Å². The molecule has 0 atom stereocenters. The van der Waals surface area contributed by atoms with Gasteiger partial charge in [-0.2, -0.15) is 4.91 Å². The third-order valence-corrected chi connectivity index (χ3v) is 5.10. The van der Waals surface area contributed by atoms with Crippen LogP contribution in [0.1, 0.15) is 54.7 Å². The van der Waals surface area contributed by atoms with E-state index in [9.17, 15) is 9.70 Å². The number of rotatable bonds is 10. The Kier molecular flexibility index (Phi) is 7.40. The first-order valence-electron chi connectivity index (χ1n) is 9.95. The largest absolute Gasteiger partial charge is 0.489 e. The fraction of sp³-hybridized carbons (Fsp3) is 0.579. The van der Waals surface area contributed by atoms with Gasteiger partial charge in [0.2, 0.25) is 0 Å². The molecule has 1 saturated carbocycles. The van der Waals surface area contributed by atoms with Crippen molar-refractivity contribution in [3.63, 3.8) is 0 Å². The number of azide groups is 1. The van der Waals surface area contributed by atoms with Gasteiger partial charge in [0.15, 0.2) is 11.4 Å². The van der Waals surface area contributed by atoms with Crippen molar-refractivity contribution in [2.75, 3.05) is 19.7 Å². The normalized spacial score (nSPS) is 14.3. The van der Waals surface area contributed by atoms with Crippen molar-refractivity contribution in [1.82, 2.24) is 14.7 Å². The molecule has 0 unspecified atom stereocenters. The first kappa shape index (κ1) is 20.6. The monoisotopic (exact) mass is 399 g/mol. The number of nitrogens with one attached hydrogen (secondary N) is 1. The van der Waals surface area contributed by atoms with Crippen LogP contribution in [-0.2, 0) is 6.54 Å². The average molecular weight is 399 g/mol. The van der Waals surface area contributed by atoms with E-state index in [1.165, 1.54) is 32.1 Å². The first-order valence-corrected chi connectivity index (χ1v) is 9.95. The molecule has 1 fully saturated rings. The number of ether oxygens (including phenoxy) is 1. The van der Waals surface area contributed by atoms with Gasteiger partial charge in [-0.3, -0.25) is 9.20 Å². The van der Waals surface area contributed by atoms with Crippen molar-refractivity contribution in [1.29, 1.82) is 0 Å². The zero-order valence-corrected chi connectivity index (χ0v) is 16.3. The summed E-state index contributed by atoms with van der Waals surface area (Å²) in [5, 5.41) is 9.11. The second kappa shape index (κ2) is 10.4. The van der Waals surface area contributed by atoms with Gasteiger partial charge in [-0.05, 0) is 42.8 Å². The quantitative estimate of drug-likeness (QED) is 0.212. The third kappa shape index (κ3) is 5.23. The number of nitroso groups, excluding NO2 is 1. The van der Waals surface area contributed by atoms with Gasteiger partial charge < -0.3 is 10.1 Å². The molecule has 0 radical (unpaired) electrons. The third-order valence-electron chi connectivity index (χ3n) is 5.10. The van der Waals surface area contributed by atoms with Crippen LogP contribution in [0.5, 0.6) is 5.75 Å². The van der Waals surface area contributed by atoms with E-state index in [-0.39, 0.29) is 19.0 Å². The summed E-state index contributed by atoms with van der Waals surface area (Å²) >= 11 is 0. The molecule has 1 amide bonds. The maximum Gasteiger partial charge on any atom is 0.270 e. The molecule has 3 rings (SSSR count). The summed E-state index contributed by atoms with van der Waals surface area (Å²) in [5.41, 5.74) is 9.87. The predicted molar refractivity (Wildman–Crippen MR) is 108 cm³/mol. The zero-order valence-electron chi connectivity index (χ0n) is 16.3. The topological polar surface area (TPSA) is 134 Å². The molecule has 0 bridgehead atoms. The van der Waals surface area contributed by atoms with Crippen molar-refractivity contribution in [2.45, 2.75) is 45.1 Å². The molecular weight excluding hydrogens is 374 g/mol. The molecule has 0 aromatic carbocycles. The predicted octanol–water partition coefficient (Wildman–Crippen LogP) is 3.99. The molecule has 0 aliphatic heterocycles. The number of aromatic nitrogens is 2. The van der Waals surface area contributed by atoms with Gasteiger partial charge in [0.25, 0.3) is 5.91 Å².